The molecule has 4 N–H and O–H groups in total. The molecule has 1 aromatic heterocycles. The summed E-state index contributed by atoms with van der Waals surface area (Å²) in [6.45, 7) is 4.08. The normalized spacial score (nSPS) is 10.2. The van der Waals surface area contributed by atoms with Gasteiger partial charge in [-0.1, -0.05) is 29.8 Å². The molecular formula is C15H17N3O3. The number of urea groups is 1. The fourth-order valence-electron chi connectivity index (χ4n) is 2.03. The van der Waals surface area contributed by atoms with E-state index >= 15 is 0 Å². The van der Waals surface area contributed by atoms with Crippen LogP contribution >= 0.6 is 0 Å². The highest BCUT2D eigenvalue weighted by atomic mass is 16.4. The van der Waals surface area contributed by atoms with E-state index in [1.807, 2.05) is 31.2 Å². The summed E-state index contributed by atoms with van der Waals surface area (Å²) in [6.07, 6.45) is 0. The van der Waals surface area contributed by atoms with Crippen molar-refractivity contribution in [2.24, 2.45) is 0 Å². The number of hydrogen-bond acceptors (Lipinski definition) is 2. The van der Waals surface area contributed by atoms with Crippen molar-refractivity contribution in [2.75, 3.05) is 5.32 Å². The lowest BCUT2D eigenvalue weighted by Crippen LogP contribution is -2.28. The first-order valence-corrected chi connectivity index (χ1v) is 6.49. The zero-order valence-corrected chi connectivity index (χ0v) is 11.9. The lowest BCUT2D eigenvalue weighted by atomic mass is 10.1. The van der Waals surface area contributed by atoms with E-state index in [4.69, 9.17) is 5.11 Å². The molecule has 0 unspecified atom stereocenters. The Kier molecular flexibility index (Phi) is 4.27. The lowest BCUT2D eigenvalue weighted by molar-refractivity contribution is 0.0692. The Balaban J connectivity index is 1.97. The van der Waals surface area contributed by atoms with Gasteiger partial charge in [-0.2, -0.15) is 0 Å². The van der Waals surface area contributed by atoms with Crippen LogP contribution in [0.1, 0.15) is 27.3 Å². The summed E-state index contributed by atoms with van der Waals surface area (Å²) in [7, 11) is 0. The third-order valence-electron chi connectivity index (χ3n) is 2.95. The number of carbonyl (C=O) groups excluding carboxylic acids is 1. The summed E-state index contributed by atoms with van der Waals surface area (Å²) >= 11 is 0. The molecule has 1 heterocycles. The number of rotatable bonds is 4. The third-order valence-corrected chi connectivity index (χ3v) is 2.95. The van der Waals surface area contributed by atoms with Crippen molar-refractivity contribution < 1.29 is 14.7 Å². The number of hydrogen-bond donors (Lipinski definition) is 4. The summed E-state index contributed by atoms with van der Waals surface area (Å²) in [5, 5.41) is 14.3. The van der Waals surface area contributed by atoms with Crippen molar-refractivity contribution in [2.45, 2.75) is 20.4 Å². The van der Waals surface area contributed by atoms with Gasteiger partial charge in [0.2, 0.25) is 0 Å². The zero-order valence-electron chi connectivity index (χ0n) is 11.9. The van der Waals surface area contributed by atoms with Gasteiger partial charge in [-0.25, -0.2) is 9.59 Å². The van der Waals surface area contributed by atoms with Crippen LogP contribution in [0.15, 0.2) is 30.3 Å². The fraction of sp³-hybridized carbons (Fsp3) is 0.200. The minimum absolute atomic E-state index is 0.0294. The molecule has 0 spiro atoms. The molecule has 6 heteroatoms. The largest absolute Gasteiger partial charge is 0.477 e. The van der Waals surface area contributed by atoms with Gasteiger partial charge >= 0.3 is 12.0 Å². The number of carbonyl (C=O) groups is 2. The molecule has 0 aliphatic rings. The van der Waals surface area contributed by atoms with E-state index in [0.717, 1.165) is 11.1 Å². The van der Waals surface area contributed by atoms with Crippen LogP contribution in [0.25, 0.3) is 0 Å². The van der Waals surface area contributed by atoms with E-state index in [9.17, 15) is 9.59 Å². The molecule has 0 aliphatic carbocycles. The second kappa shape index (κ2) is 6.13. The number of carboxylic acid groups (broad SMARTS) is 1. The first-order chi connectivity index (χ1) is 9.95. The van der Waals surface area contributed by atoms with Crippen molar-refractivity contribution in [1.29, 1.82) is 0 Å². The minimum atomic E-state index is -1.11. The standard InChI is InChI=1S/C15H17N3O3/c1-9-4-3-5-11(6-9)8-16-15(21)18-12-7-10(2)17-13(12)14(19)20/h3-7,17H,8H2,1-2H3,(H,19,20)(H2,16,18,21). The van der Waals surface area contributed by atoms with E-state index < -0.39 is 12.0 Å². The average molecular weight is 287 g/mol. The second-order valence-corrected chi connectivity index (χ2v) is 4.84. The molecule has 21 heavy (non-hydrogen) atoms. The fourth-order valence-corrected chi connectivity index (χ4v) is 2.03. The molecule has 110 valence electrons. The number of aromatic amines is 1. The van der Waals surface area contributed by atoms with E-state index in [-0.39, 0.29) is 11.4 Å². The predicted octanol–water partition coefficient (Wildman–Crippen LogP) is 2.65. The molecule has 2 aromatic rings. The Labute approximate surface area is 122 Å². The number of aryl methyl sites for hydroxylation is 2. The SMILES string of the molecule is Cc1cccc(CNC(=O)Nc2cc(C)[nH]c2C(=O)O)c1. The Morgan fingerprint density at radius 1 is 1.24 bits per heavy atom. The van der Waals surface area contributed by atoms with Gasteiger partial charge in [-0.3, -0.25) is 0 Å². The number of amides is 2. The van der Waals surface area contributed by atoms with Gasteiger partial charge in [-0.05, 0) is 25.5 Å². The number of nitrogens with one attached hydrogen (secondary N) is 3. The van der Waals surface area contributed by atoms with Crippen LogP contribution in [0.3, 0.4) is 0 Å². The number of anilines is 1. The molecule has 0 bridgehead atoms. The van der Waals surface area contributed by atoms with Crippen LogP contribution < -0.4 is 10.6 Å². The molecular weight excluding hydrogens is 270 g/mol. The van der Waals surface area contributed by atoms with Crippen molar-refractivity contribution in [1.82, 2.24) is 10.3 Å². The maximum absolute atomic E-state index is 11.8. The van der Waals surface area contributed by atoms with E-state index in [1.54, 1.807) is 13.0 Å². The molecule has 2 rings (SSSR count). The summed E-state index contributed by atoms with van der Waals surface area (Å²) in [5.74, 6) is -1.11. The third kappa shape index (κ3) is 3.85. The number of carboxylic acids is 1. The zero-order chi connectivity index (χ0) is 15.4. The molecule has 0 atom stereocenters. The maximum atomic E-state index is 11.8. The van der Waals surface area contributed by atoms with Gasteiger partial charge < -0.3 is 20.7 Å². The number of aromatic nitrogens is 1. The van der Waals surface area contributed by atoms with Crippen LogP contribution in [0.2, 0.25) is 0 Å². The highest BCUT2D eigenvalue weighted by molar-refractivity contribution is 5.99. The summed E-state index contributed by atoms with van der Waals surface area (Å²) in [5.41, 5.74) is 2.99. The molecule has 0 radical (unpaired) electrons. The molecule has 0 aliphatic heterocycles. The average Bonchev–Trinajstić information content (AvgIpc) is 2.77. The predicted molar refractivity (Wildman–Crippen MR) is 79.5 cm³/mol. The Morgan fingerprint density at radius 3 is 2.67 bits per heavy atom. The summed E-state index contributed by atoms with van der Waals surface area (Å²) in [6, 6.07) is 8.92. The topological polar surface area (TPSA) is 94.2 Å². The first kappa shape index (κ1) is 14.6. The lowest BCUT2D eigenvalue weighted by Gasteiger charge is -2.07. The van der Waals surface area contributed by atoms with Crippen molar-refractivity contribution in [3.63, 3.8) is 0 Å². The van der Waals surface area contributed by atoms with Gasteiger partial charge in [0.25, 0.3) is 0 Å². The number of H-pyrrole nitrogens is 1. The molecule has 0 fully saturated rings. The van der Waals surface area contributed by atoms with Gasteiger partial charge in [0.15, 0.2) is 0 Å². The van der Waals surface area contributed by atoms with Crippen molar-refractivity contribution in [3.8, 4) is 0 Å². The molecule has 6 nitrogen and oxygen atoms in total. The summed E-state index contributed by atoms with van der Waals surface area (Å²) < 4.78 is 0. The quantitative estimate of drug-likeness (QED) is 0.696. The highest BCUT2D eigenvalue weighted by Gasteiger charge is 2.15. The molecule has 0 saturated carbocycles. The molecule has 0 saturated heterocycles. The Bertz CT molecular complexity index is 677. The van der Waals surface area contributed by atoms with E-state index in [1.165, 1.54) is 0 Å². The van der Waals surface area contributed by atoms with E-state index in [0.29, 0.717) is 12.2 Å². The van der Waals surface area contributed by atoms with Crippen molar-refractivity contribution in [3.05, 3.63) is 52.8 Å². The number of benzene rings is 1. The van der Waals surface area contributed by atoms with Crippen LogP contribution in [0, 0.1) is 13.8 Å². The Hall–Kier alpha value is -2.76. The van der Waals surface area contributed by atoms with Crippen LogP contribution in [-0.2, 0) is 6.54 Å². The highest BCUT2D eigenvalue weighted by Crippen LogP contribution is 2.16. The second-order valence-electron chi connectivity index (χ2n) is 4.84. The molecule has 1 aromatic carbocycles. The minimum Gasteiger partial charge on any atom is -0.477 e. The van der Waals surface area contributed by atoms with Crippen LogP contribution in [0.5, 0.6) is 0 Å². The molecule has 2 amide bonds. The van der Waals surface area contributed by atoms with Crippen molar-refractivity contribution >= 4 is 17.7 Å². The summed E-state index contributed by atoms with van der Waals surface area (Å²) in [4.78, 5) is 25.5. The smallest absolute Gasteiger partial charge is 0.354 e. The van der Waals surface area contributed by atoms with Gasteiger partial charge in [0.1, 0.15) is 5.69 Å². The first-order valence-electron chi connectivity index (χ1n) is 6.49. The Morgan fingerprint density at radius 2 is 2.00 bits per heavy atom. The number of aromatic carboxylic acids is 1. The van der Waals surface area contributed by atoms with E-state index in [2.05, 4.69) is 15.6 Å². The monoisotopic (exact) mass is 287 g/mol. The van der Waals surface area contributed by atoms with Crippen LogP contribution in [0.4, 0.5) is 10.5 Å². The van der Waals surface area contributed by atoms with Gasteiger partial charge in [-0.15, -0.1) is 0 Å². The van der Waals surface area contributed by atoms with Crippen LogP contribution in [-0.4, -0.2) is 22.1 Å². The maximum Gasteiger partial charge on any atom is 0.354 e. The van der Waals surface area contributed by atoms with Gasteiger partial charge in [0.05, 0.1) is 5.69 Å². The van der Waals surface area contributed by atoms with Gasteiger partial charge in [0, 0.05) is 12.2 Å².